The summed E-state index contributed by atoms with van der Waals surface area (Å²) in [6.45, 7) is 2.13. The number of hydrogen-bond acceptors (Lipinski definition) is 3. The van der Waals surface area contributed by atoms with Gasteiger partial charge in [0.05, 0.1) is 16.7 Å². The van der Waals surface area contributed by atoms with Crippen LogP contribution in [0.4, 0.5) is 0 Å². The van der Waals surface area contributed by atoms with E-state index < -0.39 is 10.0 Å². The van der Waals surface area contributed by atoms with Crippen molar-refractivity contribution in [3.05, 3.63) is 27.7 Å². The molecule has 0 fully saturated rings. The van der Waals surface area contributed by atoms with Crippen LogP contribution in [0.2, 0.25) is 10.0 Å². The highest BCUT2D eigenvalue weighted by atomic mass is 35.5. The molecular formula is C13H15Cl2NO3S. The number of aliphatic hydroxyl groups is 1. The molecule has 1 aromatic rings. The van der Waals surface area contributed by atoms with E-state index in [0.29, 0.717) is 24.9 Å². The topological polar surface area (TPSA) is 66.4 Å². The van der Waals surface area contributed by atoms with Gasteiger partial charge < -0.3 is 5.11 Å². The Balaban J connectivity index is 3.16. The van der Waals surface area contributed by atoms with Crippen LogP contribution < -0.4 is 4.72 Å². The largest absolute Gasteiger partial charge is 0.395 e. The zero-order valence-corrected chi connectivity index (χ0v) is 13.2. The van der Waals surface area contributed by atoms with Crippen molar-refractivity contribution in [1.29, 1.82) is 0 Å². The highest BCUT2D eigenvalue weighted by Crippen LogP contribution is 2.30. The van der Waals surface area contributed by atoms with Crippen LogP contribution in [0, 0.1) is 11.8 Å². The molecule has 0 aliphatic rings. The van der Waals surface area contributed by atoms with E-state index in [1.807, 2.05) is 6.92 Å². The summed E-state index contributed by atoms with van der Waals surface area (Å²) in [5, 5.41) is 8.69. The van der Waals surface area contributed by atoms with E-state index in [0.717, 1.165) is 0 Å². The molecule has 0 heterocycles. The van der Waals surface area contributed by atoms with Crippen molar-refractivity contribution >= 4 is 33.2 Å². The molecule has 0 aliphatic heterocycles. The van der Waals surface area contributed by atoms with Gasteiger partial charge in [0.15, 0.2) is 0 Å². The van der Waals surface area contributed by atoms with Gasteiger partial charge in [-0.3, -0.25) is 0 Å². The summed E-state index contributed by atoms with van der Waals surface area (Å²) >= 11 is 12.0. The zero-order valence-electron chi connectivity index (χ0n) is 10.9. The van der Waals surface area contributed by atoms with E-state index in [-0.39, 0.29) is 21.5 Å². The standard InChI is InChI=1S/C13H15Cl2NO3S/c1-2-6-16-20(18,19)13-11(14)8-10(9-12(13)15)5-3-4-7-17/h8-9,16-17H,2,4,6-7H2,1H3. The van der Waals surface area contributed by atoms with Crippen molar-refractivity contribution in [1.82, 2.24) is 4.72 Å². The van der Waals surface area contributed by atoms with Gasteiger partial charge in [0, 0.05) is 18.5 Å². The summed E-state index contributed by atoms with van der Waals surface area (Å²) in [7, 11) is -3.73. The monoisotopic (exact) mass is 335 g/mol. The second-order valence-electron chi connectivity index (χ2n) is 3.94. The highest BCUT2D eigenvalue weighted by molar-refractivity contribution is 7.89. The molecule has 0 unspecified atom stereocenters. The molecule has 0 bridgehead atoms. The van der Waals surface area contributed by atoms with E-state index in [9.17, 15) is 8.42 Å². The third kappa shape index (κ3) is 4.65. The summed E-state index contributed by atoms with van der Waals surface area (Å²) in [6.07, 6.45) is 0.993. The minimum atomic E-state index is -3.73. The minimum Gasteiger partial charge on any atom is -0.395 e. The second-order valence-corrected chi connectivity index (χ2v) is 6.46. The van der Waals surface area contributed by atoms with Gasteiger partial charge in [-0.2, -0.15) is 0 Å². The van der Waals surface area contributed by atoms with Gasteiger partial charge in [0.1, 0.15) is 4.90 Å². The molecule has 0 saturated carbocycles. The molecule has 0 amide bonds. The lowest BCUT2D eigenvalue weighted by Gasteiger charge is -2.10. The molecule has 7 heteroatoms. The lowest BCUT2D eigenvalue weighted by molar-refractivity contribution is 0.305. The van der Waals surface area contributed by atoms with Gasteiger partial charge >= 0.3 is 0 Å². The number of rotatable bonds is 5. The Kier molecular flexibility index (Phi) is 6.80. The first-order valence-corrected chi connectivity index (χ1v) is 8.24. The molecule has 1 rings (SSSR count). The van der Waals surface area contributed by atoms with E-state index in [1.54, 1.807) is 0 Å². The summed E-state index contributed by atoms with van der Waals surface area (Å²) in [4.78, 5) is -0.137. The first kappa shape index (κ1) is 17.3. The number of aliphatic hydroxyl groups excluding tert-OH is 1. The van der Waals surface area contributed by atoms with Crippen molar-refractivity contribution in [2.75, 3.05) is 13.2 Å². The first-order valence-electron chi connectivity index (χ1n) is 6.00. The van der Waals surface area contributed by atoms with Gasteiger partial charge in [0.2, 0.25) is 10.0 Å². The van der Waals surface area contributed by atoms with Crippen LogP contribution in [0.15, 0.2) is 17.0 Å². The molecule has 0 saturated heterocycles. The van der Waals surface area contributed by atoms with Crippen LogP contribution in [0.3, 0.4) is 0 Å². The van der Waals surface area contributed by atoms with Crippen LogP contribution in [0.5, 0.6) is 0 Å². The normalized spacial score (nSPS) is 11.0. The SMILES string of the molecule is CCCNS(=O)(=O)c1c(Cl)cc(C#CCCO)cc1Cl. The molecule has 0 atom stereocenters. The summed E-state index contributed by atoms with van der Waals surface area (Å²) < 4.78 is 26.5. The van der Waals surface area contributed by atoms with Crippen molar-refractivity contribution in [2.24, 2.45) is 0 Å². The van der Waals surface area contributed by atoms with Crippen molar-refractivity contribution in [3.63, 3.8) is 0 Å². The predicted octanol–water partition coefficient (Wildman–Crippen LogP) is 2.42. The maximum Gasteiger partial charge on any atom is 0.243 e. The average Bonchev–Trinajstić information content (AvgIpc) is 2.35. The predicted molar refractivity (Wildman–Crippen MR) is 80.5 cm³/mol. The van der Waals surface area contributed by atoms with Crippen LogP contribution in [-0.2, 0) is 10.0 Å². The Morgan fingerprint density at radius 2 is 1.90 bits per heavy atom. The van der Waals surface area contributed by atoms with Gasteiger partial charge in [-0.15, -0.1) is 0 Å². The molecule has 0 aliphatic carbocycles. The highest BCUT2D eigenvalue weighted by Gasteiger charge is 2.21. The Labute approximate surface area is 129 Å². The van der Waals surface area contributed by atoms with Gasteiger partial charge in [0.25, 0.3) is 0 Å². The maximum absolute atomic E-state index is 12.1. The molecule has 0 spiro atoms. The molecule has 1 aromatic carbocycles. The quantitative estimate of drug-likeness (QED) is 0.812. The van der Waals surface area contributed by atoms with Crippen molar-refractivity contribution in [2.45, 2.75) is 24.7 Å². The molecule has 110 valence electrons. The Hall–Kier alpha value is -0.770. The number of hydrogen-bond donors (Lipinski definition) is 2. The Morgan fingerprint density at radius 1 is 1.30 bits per heavy atom. The molecule has 4 nitrogen and oxygen atoms in total. The third-order valence-corrected chi connectivity index (χ3v) is 4.66. The van der Waals surface area contributed by atoms with E-state index in [1.165, 1.54) is 12.1 Å². The van der Waals surface area contributed by atoms with Gasteiger partial charge in [-0.25, -0.2) is 13.1 Å². The number of nitrogens with one attached hydrogen (secondary N) is 1. The third-order valence-electron chi connectivity index (χ3n) is 2.28. The number of halogens is 2. The lowest BCUT2D eigenvalue weighted by Crippen LogP contribution is -2.25. The molecule has 20 heavy (non-hydrogen) atoms. The number of benzene rings is 1. The van der Waals surface area contributed by atoms with E-state index >= 15 is 0 Å². The second kappa shape index (κ2) is 7.87. The molecule has 0 radical (unpaired) electrons. The van der Waals surface area contributed by atoms with Gasteiger partial charge in [-0.05, 0) is 18.6 Å². The fourth-order valence-electron chi connectivity index (χ4n) is 1.42. The first-order chi connectivity index (χ1) is 9.42. The Morgan fingerprint density at radius 3 is 2.40 bits per heavy atom. The average molecular weight is 336 g/mol. The zero-order chi connectivity index (χ0) is 15.2. The number of sulfonamides is 1. The summed E-state index contributed by atoms with van der Waals surface area (Å²) in [5.41, 5.74) is 0.503. The lowest BCUT2D eigenvalue weighted by atomic mass is 10.2. The van der Waals surface area contributed by atoms with Crippen LogP contribution in [-0.4, -0.2) is 26.7 Å². The van der Waals surface area contributed by atoms with Gasteiger partial charge in [-0.1, -0.05) is 42.0 Å². The molecular weight excluding hydrogens is 321 g/mol. The molecule has 2 N–H and O–H groups in total. The summed E-state index contributed by atoms with van der Waals surface area (Å²) in [6, 6.07) is 2.89. The fourth-order valence-corrected chi connectivity index (χ4v) is 3.76. The van der Waals surface area contributed by atoms with E-state index in [4.69, 9.17) is 28.3 Å². The smallest absolute Gasteiger partial charge is 0.243 e. The molecule has 0 aromatic heterocycles. The minimum absolute atomic E-state index is 0.0226. The van der Waals surface area contributed by atoms with Crippen molar-refractivity contribution < 1.29 is 13.5 Å². The van der Waals surface area contributed by atoms with E-state index in [2.05, 4.69) is 16.6 Å². The van der Waals surface area contributed by atoms with Crippen LogP contribution in [0.1, 0.15) is 25.3 Å². The van der Waals surface area contributed by atoms with Crippen LogP contribution >= 0.6 is 23.2 Å². The van der Waals surface area contributed by atoms with Crippen LogP contribution in [0.25, 0.3) is 0 Å². The summed E-state index contributed by atoms with van der Waals surface area (Å²) in [5.74, 6) is 5.47. The maximum atomic E-state index is 12.1. The fraction of sp³-hybridized carbons (Fsp3) is 0.385. The van der Waals surface area contributed by atoms with Crippen molar-refractivity contribution in [3.8, 4) is 11.8 Å². The Bertz CT molecular complexity index is 610.